The molecule has 1 aromatic rings. The minimum absolute atomic E-state index is 0.0712. The molecule has 0 aromatic heterocycles. The summed E-state index contributed by atoms with van der Waals surface area (Å²) in [6, 6.07) is 3.93. The molecular formula is C12H17F2NS. The number of rotatable bonds is 5. The van der Waals surface area contributed by atoms with Crippen LogP contribution in [0.3, 0.4) is 0 Å². The van der Waals surface area contributed by atoms with Crippen LogP contribution >= 0.6 is 11.8 Å². The predicted molar refractivity (Wildman–Crippen MR) is 65.7 cm³/mol. The highest BCUT2D eigenvalue weighted by molar-refractivity contribution is 7.99. The topological polar surface area (TPSA) is 12.0 Å². The molecule has 0 amide bonds. The maximum atomic E-state index is 13.3. The van der Waals surface area contributed by atoms with Crippen LogP contribution in [0.15, 0.2) is 18.2 Å². The van der Waals surface area contributed by atoms with Crippen molar-refractivity contribution in [2.75, 3.05) is 12.8 Å². The standard InChI is InChI=1S/C12H17F2NS/c1-12(2,16-3)8-15-7-9-10(13)5-4-6-11(9)14/h4-6,15H,7-8H2,1-3H3. The Kier molecular flexibility index (Phi) is 4.74. The summed E-state index contributed by atoms with van der Waals surface area (Å²) in [5.74, 6) is -0.982. The van der Waals surface area contributed by atoms with Crippen LogP contribution in [0.25, 0.3) is 0 Å². The molecule has 1 aromatic carbocycles. The molecular weight excluding hydrogens is 228 g/mol. The lowest BCUT2D eigenvalue weighted by molar-refractivity contribution is 0.521. The molecule has 0 radical (unpaired) electrons. The van der Waals surface area contributed by atoms with E-state index < -0.39 is 11.6 Å². The molecule has 0 bridgehead atoms. The molecule has 4 heteroatoms. The Morgan fingerprint density at radius 1 is 1.25 bits per heavy atom. The van der Waals surface area contributed by atoms with Gasteiger partial charge in [0.1, 0.15) is 11.6 Å². The summed E-state index contributed by atoms with van der Waals surface area (Å²) in [7, 11) is 0. The van der Waals surface area contributed by atoms with Crippen LogP contribution in [-0.2, 0) is 6.54 Å². The SMILES string of the molecule is CSC(C)(C)CNCc1c(F)cccc1F. The monoisotopic (exact) mass is 245 g/mol. The van der Waals surface area contributed by atoms with Crippen molar-refractivity contribution >= 4 is 11.8 Å². The second-order valence-corrected chi connectivity index (χ2v) is 5.78. The summed E-state index contributed by atoms with van der Waals surface area (Å²) < 4.78 is 26.6. The molecule has 0 spiro atoms. The van der Waals surface area contributed by atoms with Crippen LogP contribution in [0.4, 0.5) is 8.78 Å². The van der Waals surface area contributed by atoms with Gasteiger partial charge in [-0.3, -0.25) is 0 Å². The zero-order valence-corrected chi connectivity index (χ0v) is 10.6. The second kappa shape index (κ2) is 5.64. The van der Waals surface area contributed by atoms with Gasteiger partial charge in [-0.15, -0.1) is 0 Å². The van der Waals surface area contributed by atoms with Crippen molar-refractivity contribution in [3.63, 3.8) is 0 Å². The van der Waals surface area contributed by atoms with Crippen molar-refractivity contribution in [3.05, 3.63) is 35.4 Å². The van der Waals surface area contributed by atoms with E-state index in [1.54, 1.807) is 11.8 Å². The van der Waals surface area contributed by atoms with Crippen molar-refractivity contribution < 1.29 is 8.78 Å². The van der Waals surface area contributed by atoms with E-state index in [-0.39, 0.29) is 16.9 Å². The number of nitrogens with one attached hydrogen (secondary N) is 1. The largest absolute Gasteiger partial charge is 0.311 e. The van der Waals surface area contributed by atoms with E-state index in [1.807, 2.05) is 6.26 Å². The third-order valence-corrected chi connectivity index (χ3v) is 3.72. The van der Waals surface area contributed by atoms with Crippen molar-refractivity contribution in [2.45, 2.75) is 25.1 Å². The predicted octanol–water partition coefficient (Wildman–Crippen LogP) is 3.20. The fraction of sp³-hybridized carbons (Fsp3) is 0.500. The molecule has 0 fully saturated rings. The quantitative estimate of drug-likeness (QED) is 0.855. The van der Waals surface area contributed by atoms with E-state index in [0.29, 0.717) is 6.54 Å². The summed E-state index contributed by atoms with van der Waals surface area (Å²) in [5.41, 5.74) is 0.111. The maximum absolute atomic E-state index is 13.3. The van der Waals surface area contributed by atoms with Gasteiger partial charge in [0.15, 0.2) is 0 Å². The molecule has 90 valence electrons. The Bertz CT molecular complexity index is 333. The molecule has 0 aliphatic heterocycles. The van der Waals surface area contributed by atoms with Crippen LogP contribution in [0.1, 0.15) is 19.4 Å². The molecule has 16 heavy (non-hydrogen) atoms. The fourth-order valence-corrected chi connectivity index (χ4v) is 1.51. The van der Waals surface area contributed by atoms with Crippen LogP contribution in [-0.4, -0.2) is 17.5 Å². The van der Waals surface area contributed by atoms with Gasteiger partial charge in [0.25, 0.3) is 0 Å². The number of hydrogen-bond donors (Lipinski definition) is 1. The van der Waals surface area contributed by atoms with Gasteiger partial charge in [-0.05, 0) is 32.2 Å². The Balaban J connectivity index is 2.56. The average Bonchev–Trinajstić information content (AvgIpc) is 2.22. The van der Waals surface area contributed by atoms with Gasteiger partial charge in [0, 0.05) is 23.4 Å². The second-order valence-electron chi connectivity index (χ2n) is 4.27. The van der Waals surface area contributed by atoms with Gasteiger partial charge in [0.05, 0.1) is 0 Å². The minimum Gasteiger partial charge on any atom is -0.311 e. The maximum Gasteiger partial charge on any atom is 0.130 e. The highest BCUT2D eigenvalue weighted by Crippen LogP contribution is 2.20. The Morgan fingerprint density at radius 3 is 2.31 bits per heavy atom. The molecule has 0 heterocycles. The van der Waals surface area contributed by atoms with E-state index in [1.165, 1.54) is 18.2 Å². The summed E-state index contributed by atoms with van der Waals surface area (Å²) >= 11 is 1.72. The first-order valence-corrected chi connectivity index (χ1v) is 6.37. The summed E-state index contributed by atoms with van der Waals surface area (Å²) in [6.45, 7) is 5.11. The van der Waals surface area contributed by atoms with Crippen LogP contribution in [0.5, 0.6) is 0 Å². The smallest absolute Gasteiger partial charge is 0.130 e. The highest BCUT2D eigenvalue weighted by atomic mass is 32.2. The third-order valence-electron chi connectivity index (χ3n) is 2.47. The Labute approximate surface area is 99.6 Å². The molecule has 0 aliphatic rings. The first kappa shape index (κ1) is 13.5. The highest BCUT2D eigenvalue weighted by Gasteiger charge is 2.16. The average molecular weight is 245 g/mol. The third kappa shape index (κ3) is 3.76. The van der Waals surface area contributed by atoms with Gasteiger partial charge in [-0.2, -0.15) is 11.8 Å². The van der Waals surface area contributed by atoms with E-state index in [2.05, 4.69) is 19.2 Å². The first-order chi connectivity index (χ1) is 7.46. The van der Waals surface area contributed by atoms with Gasteiger partial charge in [0.2, 0.25) is 0 Å². The van der Waals surface area contributed by atoms with E-state index >= 15 is 0 Å². The molecule has 1 N–H and O–H groups in total. The fourth-order valence-electron chi connectivity index (χ4n) is 1.26. The number of benzene rings is 1. The molecule has 0 aliphatic carbocycles. The summed E-state index contributed by atoms with van der Waals surface area (Å²) in [4.78, 5) is 0. The van der Waals surface area contributed by atoms with Crippen LogP contribution in [0, 0.1) is 11.6 Å². The Hall–Kier alpha value is -0.610. The Morgan fingerprint density at radius 2 is 1.81 bits per heavy atom. The zero-order chi connectivity index (χ0) is 12.2. The minimum atomic E-state index is -0.491. The van der Waals surface area contributed by atoms with E-state index in [0.717, 1.165) is 0 Å². The van der Waals surface area contributed by atoms with E-state index in [4.69, 9.17) is 0 Å². The van der Waals surface area contributed by atoms with Crippen molar-refractivity contribution in [2.24, 2.45) is 0 Å². The number of thioether (sulfide) groups is 1. The van der Waals surface area contributed by atoms with Gasteiger partial charge in [-0.25, -0.2) is 8.78 Å². The zero-order valence-electron chi connectivity index (χ0n) is 9.81. The summed E-state index contributed by atoms with van der Waals surface area (Å²) in [5, 5.41) is 3.07. The van der Waals surface area contributed by atoms with Gasteiger partial charge >= 0.3 is 0 Å². The molecule has 0 unspecified atom stereocenters. The van der Waals surface area contributed by atoms with Crippen LogP contribution in [0.2, 0.25) is 0 Å². The van der Waals surface area contributed by atoms with Crippen molar-refractivity contribution in [3.8, 4) is 0 Å². The summed E-state index contributed by atoms with van der Waals surface area (Å²) in [6.07, 6.45) is 2.02. The molecule has 0 atom stereocenters. The molecule has 0 saturated carbocycles. The van der Waals surface area contributed by atoms with Gasteiger partial charge in [-0.1, -0.05) is 6.07 Å². The molecule has 1 nitrogen and oxygen atoms in total. The first-order valence-electron chi connectivity index (χ1n) is 5.15. The number of halogens is 2. The van der Waals surface area contributed by atoms with Crippen molar-refractivity contribution in [1.82, 2.24) is 5.32 Å². The van der Waals surface area contributed by atoms with Gasteiger partial charge < -0.3 is 5.32 Å². The number of hydrogen-bond acceptors (Lipinski definition) is 2. The van der Waals surface area contributed by atoms with E-state index in [9.17, 15) is 8.78 Å². The lowest BCUT2D eigenvalue weighted by Crippen LogP contribution is -2.32. The lowest BCUT2D eigenvalue weighted by Gasteiger charge is -2.22. The van der Waals surface area contributed by atoms with Crippen molar-refractivity contribution in [1.29, 1.82) is 0 Å². The van der Waals surface area contributed by atoms with Crippen LogP contribution < -0.4 is 5.32 Å². The molecule has 1 rings (SSSR count). The lowest BCUT2D eigenvalue weighted by atomic mass is 10.1. The normalized spacial score (nSPS) is 11.8. The molecule has 0 saturated heterocycles.